The molecule has 6 nitrogen and oxygen atoms in total. The highest BCUT2D eigenvalue weighted by atomic mass is 16.5. The van der Waals surface area contributed by atoms with Crippen LogP contribution in [-0.4, -0.2) is 46.9 Å². The molecule has 4 rings (SSSR count). The number of hydrogen-bond donors (Lipinski definition) is 1. The highest BCUT2D eigenvalue weighted by Crippen LogP contribution is 2.32. The summed E-state index contributed by atoms with van der Waals surface area (Å²) in [5.74, 6) is 1.27. The maximum atomic E-state index is 12.5. The monoisotopic (exact) mass is 407 g/mol. The molecular formula is C24H29N3O3. The van der Waals surface area contributed by atoms with Crippen molar-refractivity contribution in [1.82, 2.24) is 15.2 Å². The predicted molar refractivity (Wildman–Crippen MR) is 114 cm³/mol. The molecule has 1 saturated heterocycles. The van der Waals surface area contributed by atoms with E-state index >= 15 is 0 Å². The lowest BCUT2D eigenvalue weighted by molar-refractivity contribution is -0.134. The van der Waals surface area contributed by atoms with E-state index in [9.17, 15) is 9.59 Å². The molecule has 2 fully saturated rings. The summed E-state index contributed by atoms with van der Waals surface area (Å²) in [6.07, 6.45) is 6.38. The summed E-state index contributed by atoms with van der Waals surface area (Å²) in [6.45, 7) is 3.52. The Hall–Kier alpha value is -2.89. The molecule has 1 aliphatic heterocycles. The molecule has 0 bridgehead atoms. The molecule has 1 aliphatic carbocycles. The zero-order chi connectivity index (χ0) is 20.9. The molecule has 0 spiro atoms. The van der Waals surface area contributed by atoms with Crippen molar-refractivity contribution in [2.24, 2.45) is 5.92 Å². The number of piperidine rings is 1. The number of nitrogens with zero attached hydrogens (tertiary/aromatic N) is 2. The van der Waals surface area contributed by atoms with E-state index in [1.54, 1.807) is 18.3 Å². The zero-order valence-electron chi connectivity index (χ0n) is 17.4. The van der Waals surface area contributed by atoms with Gasteiger partial charge in [-0.05, 0) is 56.2 Å². The average molecular weight is 408 g/mol. The molecule has 1 aromatic carbocycles. The number of likely N-dealkylation sites (tertiary alicyclic amines) is 1. The third-order valence-corrected chi connectivity index (χ3v) is 5.72. The lowest BCUT2D eigenvalue weighted by Gasteiger charge is -2.32. The number of ether oxygens (including phenoxy) is 1. The third-order valence-electron chi connectivity index (χ3n) is 5.72. The van der Waals surface area contributed by atoms with Crippen molar-refractivity contribution in [1.29, 1.82) is 0 Å². The van der Waals surface area contributed by atoms with Gasteiger partial charge in [-0.3, -0.25) is 14.6 Å². The minimum absolute atomic E-state index is 0.00754. The van der Waals surface area contributed by atoms with Crippen LogP contribution in [0, 0.1) is 5.92 Å². The minimum Gasteiger partial charge on any atom is -0.490 e. The lowest BCUT2D eigenvalue weighted by Crippen LogP contribution is -2.42. The van der Waals surface area contributed by atoms with Gasteiger partial charge in [-0.15, -0.1) is 0 Å². The van der Waals surface area contributed by atoms with Gasteiger partial charge in [0.2, 0.25) is 5.91 Å². The van der Waals surface area contributed by atoms with Crippen LogP contribution in [0.3, 0.4) is 0 Å². The standard InChI is InChI=1S/C24H29N3O3/c1-17(16-20-4-2-3-13-25-20)26-23(28)18-7-9-21(10-8-18)30-22-11-14-27(15-12-22)24(29)19-5-6-19/h2-4,7-10,13,17,19,22H,5-6,11-12,14-16H2,1H3,(H,26,28)/t17-/m0/s1. The summed E-state index contributed by atoms with van der Waals surface area (Å²) in [6, 6.07) is 13.1. The molecule has 0 radical (unpaired) electrons. The Kier molecular flexibility index (Phi) is 6.31. The highest BCUT2D eigenvalue weighted by molar-refractivity contribution is 5.94. The lowest BCUT2D eigenvalue weighted by atomic mass is 10.1. The fourth-order valence-corrected chi connectivity index (χ4v) is 3.85. The van der Waals surface area contributed by atoms with E-state index in [0.717, 1.165) is 50.2 Å². The first kappa shape index (κ1) is 20.4. The van der Waals surface area contributed by atoms with Gasteiger partial charge in [0, 0.05) is 61.8 Å². The SMILES string of the molecule is C[C@@H](Cc1ccccn1)NC(=O)c1ccc(OC2CCN(C(=O)C3CC3)CC2)cc1. The van der Waals surface area contributed by atoms with Crippen LogP contribution in [0.5, 0.6) is 5.75 Å². The number of benzene rings is 1. The fourth-order valence-electron chi connectivity index (χ4n) is 3.85. The Labute approximate surface area is 177 Å². The van der Waals surface area contributed by atoms with Crippen LogP contribution in [-0.2, 0) is 11.2 Å². The second-order valence-electron chi connectivity index (χ2n) is 8.34. The summed E-state index contributed by atoms with van der Waals surface area (Å²) in [4.78, 5) is 30.9. The summed E-state index contributed by atoms with van der Waals surface area (Å²) in [7, 11) is 0. The Morgan fingerprint density at radius 3 is 2.47 bits per heavy atom. The Morgan fingerprint density at radius 2 is 1.83 bits per heavy atom. The van der Waals surface area contributed by atoms with E-state index in [-0.39, 0.29) is 24.0 Å². The van der Waals surface area contributed by atoms with Gasteiger partial charge in [0.15, 0.2) is 0 Å². The van der Waals surface area contributed by atoms with Crippen LogP contribution in [0.25, 0.3) is 0 Å². The molecule has 30 heavy (non-hydrogen) atoms. The third kappa shape index (κ3) is 5.38. The van der Waals surface area contributed by atoms with Crippen molar-refractivity contribution in [3.63, 3.8) is 0 Å². The number of rotatable bonds is 7. The number of carbonyl (C=O) groups is 2. The van der Waals surface area contributed by atoms with Crippen molar-refractivity contribution in [2.45, 2.75) is 51.2 Å². The van der Waals surface area contributed by atoms with Crippen LogP contribution in [0.2, 0.25) is 0 Å². The summed E-state index contributed by atoms with van der Waals surface area (Å²) >= 11 is 0. The van der Waals surface area contributed by atoms with Gasteiger partial charge in [0.25, 0.3) is 5.91 Å². The van der Waals surface area contributed by atoms with Crippen LogP contribution in [0.4, 0.5) is 0 Å². The average Bonchev–Trinajstić information content (AvgIpc) is 3.60. The topological polar surface area (TPSA) is 71.5 Å². The number of pyridine rings is 1. The van der Waals surface area contributed by atoms with E-state index in [1.165, 1.54) is 0 Å². The van der Waals surface area contributed by atoms with E-state index in [2.05, 4.69) is 10.3 Å². The molecule has 1 saturated carbocycles. The maximum Gasteiger partial charge on any atom is 0.251 e. The number of aromatic nitrogens is 1. The first-order chi connectivity index (χ1) is 14.6. The second kappa shape index (κ2) is 9.28. The molecule has 2 aliphatic rings. The number of hydrogen-bond acceptors (Lipinski definition) is 4. The quantitative estimate of drug-likeness (QED) is 0.765. The van der Waals surface area contributed by atoms with Gasteiger partial charge in [-0.2, -0.15) is 0 Å². The molecular weight excluding hydrogens is 378 g/mol. The summed E-state index contributed by atoms with van der Waals surface area (Å²) in [5.41, 5.74) is 1.57. The smallest absolute Gasteiger partial charge is 0.251 e. The van der Waals surface area contributed by atoms with E-state index < -0.39 is 0 Å². The van der Waals surface area contributed by atoms with Gasteiger partial charge >= 0.3 is 0 Å². The van der Waals surface area contributed by atoms with Crippen molar-refractivity contribution in [3.05, 3.63) is 59.9 Å². The van der Waals surface area contributed by atoms with Crippen LogP contribution in [0.1, 0.15) is 48.7 Å². The Bertz CT molecular complexity index is 857. The predicted octanol–water partition coefficient (Wildman–Crippen LogP) is 3.22. The minimum atomic E-state index is -0.100. The normalized spacial score (nSPS) is 18.0. The molecule has 1 atom stereocenters. The van der Waals surface area contributed by atoms with Crippen molar-refractivity contribution >= 4 is 11.8 Å². The first-order valence-electron chi connectivity index (χ1n) is 10.8. The van der Waals surface area contributed by atoms with Gasteiger partial charge in [0.1, 0.15) is 11.9 Å². The molecule has 1 N–H and O–H groups in total. The largest absolute Gasteiger partial charge is 0.490 e. The van der Waals surface area contributed by atoms with Gasteiger partial charge in [-0.1, -0.05) is 6.07 Å². The molecule has 6 heteroatoms. The van der Waals surface area contributed by atoms with E-state index in [4.69, 9.17) is 4.74 Å². The van der Waals surface area contributed by atoms with E-state index in [1.807, 2.05) is 42.2 Å². The molecule has 1 aromatic heterocycles. The fraction of sp³-hybridized carbons (Fsp3) is 0.458. The second-order valence-corrected chi connectivity index (χ2v) is 8.34. The summed E-state index contributed by atoms with van der Waals surface area (Å²) in [5, 5.41) is 3.02. The van der Waals surface area contributed by atoms with Crippen LogP contribution >= 0.6 is 0 Å². The van der Waals surface area contributed by atoms with Crippen LogP contribution < -0.4 is 10.1 Å². The van der Waals surface area contributed by atoms with Gasteiger partial charge < -0.3 is 15.0 Å². The number of nitrogens with one attached hydrogen (secondary N) is 1. The molecule has 158 valence electrons. The first-order valence-corrected chi connectivity index (χ1v) is 10.8. The van der Waals surface area contributed by atoms with E-state index in [0.29, 0.717) is 17.9 Å². The Morgan fingerprint density at radius 1 is 1.10 bits per heavy atom. The van der Waals surface area contributed by atoms with Crippen molar-refractivity contribution < 1.29 is 14.3 Å². The number of carbonyl (C=O) groups excluding carboxylic acids is 2. The number of amides is 2. The maximum absolute atomic E-state index is 12.5. The van der Waals surface area contributed by atoms with Gasteiger partial charge in [-0.25, -0.2) is 0 Å². The highest BCUT2D eigenvalue weighted by Gasteiger charge is 2.35. The molecule has 2 aromatic rings. The summed E-state index contributed by atoms with van der Waals surface area (Å²) < 4.78 is 6.08. The van der Waals surface area contributed by atoms with Crippen LogP contribution in [0.15, 0.2) is 48.7 Å². The Balaban J connectivity index is 1.23. The molecule has 2 heterocycles. The molecule has 2 amide bonds. The molecule has 0 unspecified atom stereocenters. The van der Waals surface area contributed by atoms with Crippen molar-refractivity contribution in [3.8, 4) is 5.75 Å². The van der Waals surface area contributed by atoms with Gasteiger partial charge in [0.05, 0.1) is 0 Å². The van der Waals surface area contributed by atoms with Crippen molar-refractivity contribution in [2.75, 3.05) is 13.1 Å². The zero-order valence-corrected chi connectivity index (χ0v) is 17.4.